The third-order valence-electron chi connectivity index (χ3n) is 5.48. The molecule has 24 heavy (non-hydrogen) atoms. The number of hydrogen-bond acceptors (Lipinski definition) is 4. The molecule has 0 radical (unpaired) electrons. The molecular weight excluding hydrogens is 304 g/mol. The van der Waals surface area contributed by atoms with Crippen molar-refractivity contribution in [1.29, 1.82) is 0 Å². The van der Waals surface area contributed by atoms with Crippen molar-refractivity contribution in [3.05, 3.63) is 40.3 Å². The highest BCUT2D eigenvalue weighted by atomic mass is 16.2. The molecule has 6 heteroatoms. The minimum atomic E-state index is -0.254. The van der Waals surface area contributed by atoms with Gasteiger partial charge in [0.25, 0.3) is 11.5 Å². The summed E-state index contributed by atoms with van der Waals surface area (Å²) in [6, 6.07) is 7.86. The molecule has 2 unspecified atom stereocenters. The second-order valence-corrected chi connectivity index (χ2v) is 6.85. The normalized spacial score (nSPS) is 24.8. The molecule has 2 fully saturated rings. The van der Waals surface area contributed by atoms with Crippen molar-refractivity contribution in [1.82, 2.24) is 20.0 Å². The van der Waals surface area contributed by atoms with Crippen molar-refractivity contribution >= 4 is 16.7 Å². The average molecular weight is 326 g/mol. The van der Waals surface area contributed by atoms with Crippen LogP contribution in [0.2, 0.25) is 0 Å². The van der Waals surface area contributed by atoms with Crippen molar-refractivity contribution in [3.63, 3.8) is 0 Å². The quantitative estimate of drug-likeness (QED) is 0.910. The Kier molecular flexibility index (Phi) is 3.84. The highest BCUT2D eigenvalue weighted by Crippen LogP contribution is 2.30. The van der Waals surface area contributed by atoms with Crippen LogP contribution in [0.4, 0.5) is 0 Å². The van der Waals surface area contributed by atoms with Gasteiger partial charge in [-0.05, 0) is 45.3 Å². The molecule has 2 atom stereocenters. The number of amides is 1. The number of likely N-dealkylation sites (tertiary alicyclic amines) is 2. The monoisotopic (exact) mass is 326 g/mol. The van der Waals surface area contributed by atoms with Crippen LogP contribution in [0.5, 0.6) is 0 Å². The molecular formula is C18H22N4O2. The number of rotatable bonds is 2. The van der Waals surface area contributed by atoms with Crippen LogP contribution < -0.4 is 5.56 Å². The summed E-state index contributed by atoms with van der Waals surface area (Å²) in [4.78, 5) is 29.5. The molecule has 0 bridgehead atoms. The Balaban J connectivity index is 1.71. The molecule has 3 heterocycles. The van der Waals surface area contributed by atoms with Gasteiger partial charge in [0.2, 0.25) is 0 Å². The SMILES string of the molecule is CN1CCCC1C1CCCN1C(=O)c1n[nH]c(=O)c2ccccc12. The summed E-state index contributed by atoms with van der Waals surface area (Å²) in [5.41, 5.74) is 0.105. The van der Waals surface area contributed by atoms with Gasteiger partial charge in [0.15, 0.2) is 5.69 Å². The minimum absolute atomic E-state index is 0.0646. The number of nitrogens with one attached hydrogen (secondary N) is 1. The highest BCUT2D eigenvalue weighted by molar-refractivity contribution is 6.04. The topological polar surface area (TPSA) is 69.3 Å². The van der Waals surface area contributed by atoms with E-state index in [1.54, 1.807) is 18.2 Å². The van der Waals surface area contributed by atoms with Crippen LogP contribution in [0, 0.1) is 0 Å². The van der Waals surface area contributed by atoms with E-state index < -0.39 is 0 Å². The van der Waals surface area contributed by atoms with Gasteiger partial charge < -0.3 is 9.80 Å². The van der Waals surface area contributed by atoms with Gasteiger partial charge >= 0.3 is 0 Å². The van der Waals surface area contributed by atoms with Crippen LogP contribution in [0.15, 0.2) is 29.1 Å². The van der Waals surface area contributed by atoms with E-state index >= 15 is 0 Å². The lowest BCUT2D eigenvalue weighted by Crippen LogP contribution is -2.47. The van der Waals surface area contributed by atoms with Crippen LogP contribution in [0.25, 0.3) is 10.8 Å². The van der Waals surface area contributed by atoms with E-state index in [0.29, 0.717) is 22.5 Å². The van der Waals surface area contributed by atoms with Crippen molar-refractivity contribution in [2.45, 2.75) is 37.8 Å². The number of aromatic nitrogens is 2. The number of nitrogens with zero attached hydrogens (tertiary/aromatic N) is 3. The lowest BCUT2D eigenvalue weighted by Gasteiger charge is -2.33. The predicted molar refractivity (Wildman–Crippen MR) is 92.1 cm³/mol. The Morgan fingerprint density at radius 2 is 1.83 bits per heavy atom. The van der Waals surface area contributed by atoms with Gasteiger partial charge in [-0.1, -0.05) is 18.2 Å². The molecule has 0 saturated carbocycles. The molecule has 6 nitrogen and oxygen atoms in total. The number of H-pyrrole nitrogens is 1. The maximum atomic E-state index is 13.2. The fourth-order valence-electron chi connectivity index (χ4n) is 4.28. The van der Waals surface area contributed by atoms with Crippen molar-refractivity contribution < 1.29 is 4.79 Å². The second kappa shape index (κ2) is 6.02. The van der Waals surface area contributed by atoms with Gasteiger partial charge in [-0.2, -0.15) is 5.10 Å². The van der Waals surface area contributed by atoms with E-state index in [1.165, 1.54) is 6.42 Å². The van der Waals surface area contributed by atoms with Crippen LogP contribution in [-0.2, 0) is 0 Å². The molecule has 4 rings (SSSR count). The molecule has 1 N–H and O–H groups in total. The Bertz CT molecular complexity index is 831. The van der Waals surface area contributed by atoms with E-state index in [9.17, 15) is 9.59 Å². The molecule has 0 spiro atoms. The minimum Gasteiger partial charge on any atom is -0.333 e. The Labute approximate surface area is 140 Å². The van der Waals surface area contributed by atoms with E-state index in [2.05, 4.69) is 22.1 Å². The third-order valence-corrected chi connectivity index (χ3v) is 5.48. The molecule has 2 aliphatic rings. The Morgan fingerprint density at radius 3 is 2.58 bits per heavy atom. The summed E-state index contributed by atoms with van der Waals surface area (Å²) in [6.07, 6.45) is 4.41. The number of carbonyl (C=O) groups excluding carboxylic acids is 1. The zero-order valence-electron chi connectivity index (χ0n) is 13.9. The summed E-state index contributed by atoms with van der Waals surface area (Å²) in [6.45, 7) is 1.87. The standard InChI is InChI=1S/C18H22N4O2/c1-21-10-4-8-14(21)15-9-5-11-22(15)18(24)16-12-6-2-3-7-13(12)17(23)20-19-16/h2-3,6-7,14-15H,4-5,8-11H2,1H3,(H,20,23). The van der Waals surface area contributed by atoms with Crippen LogP contribution in [-0.4, -0.2) is 58.1 Å². The summed E-state index contributed by atoms with van der Waals surface area (Å²) < 4.78 is 0. The van der Waals surface area contributed by atoms with E-state index in [-0.39, 0.29) is 17.5 Å². The summed E-state index contributed by atoms with van der Waals surface area (Å²) in [5, 5.41) is 7.72. The van der Waals surface area contributed by atoms with Gasteiger partial charge in [0, 0.05) is 24.0 Å². The largest absolute Gasteiger partial charge is 0.333 e. The Hall–Kier alpha value is -2.21. The number of carbonyl (C=O) groups is 1. The van der Waals surface area contributed by atoms with Gasteiger partial charge in [-0.15, -0.1) is 0 Å². The van der Waals surface area contributed by atoms with Gasteiger partial charge in [-0.3, -0.25) is 9.59 Å². The summed E-state index contributed by atoms with van der Waals surface area (Å²) in [5.74, 6) is -0.0646. The number of hydrogen-bond donors (Lipinski definition) is 1. The van der Waals surface area contributed by atoms with Crippen molar-refractivity contribution in [2.75, 3.05) is 20.1 Å². The maximum Gasteiger partial charge on any atom is 0.275 e. The number of fused-ring (bicyclic) bond motifs is 1. The molecule has 2 aliphatic heterocycles. The first kappa shape index (κ1) is 15.3. The fourth-order valence-corrected chi connectivity index (χ4v) is 4.28. The van der Waals surface area contributed by atoms with E-state index in [1.807, 2.05) is 11.0 Å². The molecule has 1 amide bonds. The van der Waals surface area contributed by atoms with E-state index in [0.717, 1.165) is 32.4 Å². The molecule has 0 aliphatic carbocycles. The highest BCUT2D eigenvalue weighted by Gasteiger charge is 2.39. The molecule has 1 aromatic heterocycles. The van der Waals surface area contributed by atoms with Gasteiger partial charge in [-0.25, -0.2) is 5.10 Å². The smallest absolute Gasteiger partial charge is 0.275 e. The van der Waals surface area contributed by atoms with Crippen LogP contribution in [0.3, 0.4) is 0 Å². The Morgan fingerprint density at radius 1 is 1.12 bits per heavy atom. The molecule has 126 valence electrons. The van der Waals surface area contributed by atoms with Gasteiger partial charge in [0.05, 0.1) is 5.39 Å². The number of aromatic amines is 1. The molecule has 2 saturated heterocycles. The molecule has 2 aromatic rings. The first-order valence-electron chi connectivity index (χ1n) is 8.65. The lowest BCUT2D eigenvalue weighted by molar-refractivity contribution is 0.0659. The molecule has 1 aromatic carbocycles. The van der Waals surface area contributed by atoms with Crippen LogP contribution in [0.1, 0.15) is 36.2 Å². The van der Waals surface area contributed by atoms with E-state index in [4.69, 9.17) is 0 Å². The average Bonchev–Trinajstić information content (AvgIpc) is 3.23. The number of likely N-dealkylation sites (N-methyl/N-ethyl adjacent to an activating group) is 1. The lowest BCUT2D eigenvalue weighted by atomic mass is 10.0. The first-order chi connectivity index (χ1) is 11.7. The zero-order valence-corrected chi connectivity index (χ0v) is 13.9. The maximum absolute atomic E-state index is 13.2. The zero-order chi connectivity index (χ0) is 16.7. The van der Waals surface area contributed by atoms with Crippen molar-refractivity contribution in [2.24, 2.45) is 0 Å². The van der Waals surface area contributed by atoms with Gasteiger partial charge in [0.1, 0.15) is 0 Å². The predicted octanol–water partition coefficient (Wildman–Crippen LogP) is 1.62. The van der Waals surface area contributed by atoms with Crippen LogP contribution >= 0.6 is 0 Å². The summed E-state index contributed by atoms with van der Waals surface area (Å²) in [7, 11) is 2.15. The second-order valence-electron chi connectivity index (χ2n) is 6.85. The van der Waals surface area contributed by atoms with Crippen molar-refractivity contribution in [3.8, 4) is 0 Å². The summed E-state index contributed by atoms with van der Waals surface area (Å²) >= 11 is 0. The fraction of sp³-hybridized carbons (Fsp3) is 0.500. The third kappa shape index (κ3) is 2.41. The first-order valence-corrected chi connectivity index (χ1v) is 8.65. The number of benzene rings is 1.